The van der Waals surface area contributed by atoms with Crippen molar-refractivity contribution in [2.45, 2.75) is 13.3 Å². The van der Waals surface area contributed by atoms with Crippen LogP contribution >= 0.6 is 0 Å². The van der Waals surface area contributed by atoms with E-state index in [0.29, 0.717) is 38.3 Å². The molecule has 4 rings (SSSR count). The van der Waals surface area contributed by atoms with Crippen molar-refractivity contribution in [1.82, 2.24) is 14.3 Å². The first-order valence-corrected chi connectivity index (χ1v) is 8.82. The van der Waals surface area contributed by atoms with Gasteiger partial charge >= 0.3 is 0 Å². The van der Waals surface area contributed by atoms with Gasteiger partial charge in [-0.15, -0.1) is 0 Å². The Balaban J connectivity index is 1.42. The molecule has 0 spiro atoms. The molecule has 0 aliphatic carbocycles. The highest BCUT2D eigenvalue weighted by molar-refractivity contribution is 5.79. The summed E-state index contributed by atoms with van der Waals surface area (Å²) in [5, 5.41) is 0. The zero-order chi connectivity index (χ0) is 18.1. The van der Waals surface area contributed by atoms with E-state index in [1.807, 2.05) is 45.5 Å². The summed E-state index contributed by atoms with van der Waals surface area (Å²) in [5.74, 6) is -0.130. The molecule has 1 aromatic carbocycles. The zero-order valence-corrected chi connectivity index (χ0v) is 14.7. The average molecular weight is 352 g/mol. The second-order valence-corrected chi connectivity index (χ2v) is 6.63. The van der Waals surface area contributed by atoms with E-state index < -0.39 is 0 Å². The molecule has 26 heavy (non-hydrogen) atoms. The number of nitrogens with zero attached hydrogens (tertiary/aromatic N) is 4. The van der Waals surface area contributed by atoms with Crippen molar-refractivity contribution in [3.05, 3.63) is 65.9 Å². The highest BCUT2D eigenvalue weighted by atomic mass is 19.1. The van der Waals surface area contributed by atoms with Crippen LogP contribution in [-0.2, 0) is 11.2 Å². The van der Waals surface area contributed by atoms with Gasteiger partial charge in [0.05, 0.1) is 17.8 Å². The van der Waals surface area contributed by atoms with Gasteiger partial charge in [0.2, 0.25) is 5.91 Å². The van der Waals surface area contributed by atoms with Crippen molar-refractivity contribution in [2.24, 2.45) is 0 Å². The summed E-state index contributed by atoms with van der Waals surface area (Å²) in [6.07, 6.45) is 4.04. The molecule has 1 saturated heterocycles. The number of carbonyl (C=O) groups is 1. The van der Waals surface area contributed by atoms with Gasteiger partial charge in [-0.1, -0.05) is 18.2 Å². The number of amides is 1. The molecule has 0 N–H and O–H groups in total. The summed E-state index contributed by atoms with van der Waals surface area (Å²) in [7, 11) is 0. The van der Waals surface area contributed by atoms with Crippen molar-refractivity contribution in [3.8, 4) is 0 Å². The molecule has 5 nitrogen and oxygen atoms in total. The lowest BCUT2D eigenvalue weighted by molar-refractivity contribution is -0.130. The van der Waals surface area contributed by atoms with Crippen molar-refractivity contribution in [3.63, 3.8) is 0 Å². The van der Waals surface area contributed by atoms with Gasteiger partial charge < -0.3 is 14.2 Å². The maximum Gasteiger partial charge on any atom is 0.228 e. The van der Waals surface area contributed by atoms with E-state index in [0.717, 1.165) is 16.9 Å². The number of pyridine rings is 1. The number of halogens is 1. The molecule has 1 amide bonds. The number of rotatable bonds is 3. The molecule has 0 radical (unpaired) electrons. The van der Waals surface area contributed by atoms with Gasteiger partial charge in [-0.05, 0) is 30.7 Å². The Morgan fingerprint density at radius 1 is 1.12 bits per heavy atom. The van der Waals surface area contributed by atoms with Gasteiger partial charge in [-0.2, -0.15) is 0 Å². The topological polar surface area (TPSA) is 40.9 Å². The number of aryl methyl sites for hydroxylation is 1. The molecule has 0 atom stereocenters. The van der Waals surface area contributed by atoms with Gasteiger partial charge in [0.15, 0.2) is 0 Å². The number of fused-ring (bicyclic) bond motifs is 1. The molecule has 0 saturated carbocycles. The van der Waals surface area contributed by atoms with Gasteiger partial charge in [-0.3, -0.25) is 4.79 Å². The fourth-order valence-corrected chi connectivity index (χ4v) is 3.50. The second-order valence-electron chi connectivity index (χ2n) is 6.63. The number of piperazine rings is 1. The van der Waals surface area contributed by atoms with Crippen molar-refractivity contribution in [2.75, 3.05) is 31.1 Å². The van der Waals surface area contributed by atoms with E-state index in [1.54, 1.807) is 18.3 Å². The molecule has 1 aliphatic rings. The summed E-state index contributed by atoms with van der Waals surface area (Å²) in [4.78, 5) is 21.0. The van der Waals surface area contributed by atoms with Crippen LogP contribution in [0.1, 0.15) is 11.3 Å². The van der Waals surface area contributed by atoms with Crippen molar-refractivity contribution < 1.29 is 9.18 Å². The molecule has 1 aliphatic heterocycles. The quantitative estimate of drug-likeness (QED) is 0.728. The number of aromatic nitrogens is 2. The van der Waals surface area contributed by atoms with Crippen LogP contribution in [0.25, 0.3) is 5.65 Å². The third-order valence-corrected chi connectivity index (χ3v) is 4.97. The lowest BCUT2D eigenvalue weighted by Gasteiger charge is -2.36. The van der Waals surface area contributed by atoms with Crippen LogP contribution in [-0.4, -0.2) is 46.4 Å². The molecule has 6 heteroatoms. The van der Waals surface area contributed by atoms with E-state index in [-0.39, 0.29) is 11.7 Å². The first-order chi connectivity index (χ1) is 12.6. The number of hydrogen-bond donors (Lipinski definition) is 0. The maximum atomic E-state index is 13.9. The Labute approximate surface area is 151 Å². The summed E-state index contributed by atoms with van der Waals surface area (Å²) < 4.78 is 15.9. The monoisotopic (exact) mass is 352 g/mol. The fourth-order valence-electron chi connectivity index (χ4n) is 3.50. The number of para-hydroxylation sites is 1. The number of anilines is 1. The SMILES string of the molecule is Cc1cccn2c(CC(=O)N3CCN(c4ccccc4F)CC3)cnc12. The highest BCUT2D eigenvalue weighted by Gasteiger charge is 2.23. The van der Waals surface area contributed by atoms with Gasteiger partial charge in [0.1, 0.15) is 11.5 Å². The van der Waals surface area contributed by atoms with Gasteiger partial charge in [0.25, 0.3) is 0 Å². The third-order valence-electron chi connectivity index (χ3n) is 4.97. The minimum absolute atomic E-state index is 0.0847. The van der Waals surface area contributed by atoms with E-state index in [2.05, 4.69) is 4.98 Å². The predicted octanol–water partition coefficient (Wildman–Crippen LogP) is 2.67. The zero-order valence-electron chi connectivity index (χ0n) is 14.7. The molecule has 3 heterocycles. The van der Waals surface area contributed by atoms with E-state index in [9.17, 15) is 9.18 Å². The Morgan fingerprint density at radius 3 is 2.65 bits per heavy atom. The third kappa shape index (κ3) is 3.03. The number of imidazole rings is 1. The van der Waals surface area contributed by atoms with Crippen LogP contribution in [0.4, 0.5) is 10.1 Å². The highest BCUT2D eigenvalue weighted by Crippen LogP contribution is 2.20. The smallest absolute Gasteiger partial charge is 0.228 e. The standard InChI is InChI=1S/C20H21FN4O/c1-15-5-4-8-25-16(14-22-20(15)25)13-19(26)24-11-9-23(10-12-24)18-7-3-2-6-17(18)21/h2-8,14H,9-13H2,1H3. The average Bonchev–Trinajstić information content (AvgIpc) is 3.07. The summed E-state index contributed by atoms with van der Waals surface area (Å²) in [6.45, 7) is 4.49. The van der Waals surface area contributed by atoms with Crippen molar-refractivity contribution >= 4 is 17.2 Å². The lowest BCUT2D eigenvalue weighted by atomic mass is 10.2. The summed E-state index contributed by atoms with van der Waals surface area (Å²) >= 11 is 0. The van der Waals surface area contributed by atoms with Crippen molar-refractivity contribution in [1.29, 1.82) is 0 Å². The van der Waals surface area contributed by atoms with E-state index in [1.165, 1.54) is 6.07 Å². The first-order valence-electron chi connectivity index (χ1n) is 8.82. The van der Waals surface area contributed by atoms with Crippen LogP contribution in [0.2, 0.25) is 0 Å². The normalized spacial score (nSPS) is 14.8. The summed E-state index contributed by atoms with van der Waals surface area (Å²) in [6, 6.07) is 10.8. The largest absolute Gasteiger partial charge is 0.366 e. The summed E-state index contributed by atoms with van der Waals surface area (Å²) in [5.41, 5.74) is 3.48. The fraction of sp³-hybridized carbons (Fsp3) is 0.300. The van der Waals surface area contributed by atoms with E-state index >= 15 is 0 Å². The second kappa shape index (κ2) is 6.78. The van der Waals surface area contributed by atoms with E-state index in [4.69, 9.17) is 0 Å². The Kier molecular flexibility index (Phi) is 4.32. The molecule has 134 valence electrons. The lowest BCUT2D eigenvalue weighted by Crippen LogP contribution is -2.49. The minimum Gasteiger partial charge on any atom is -0.366 e. The molecule has 3 aromatic rings. The molecule has 2 aromatic heterocycles. The van der Waals surface area contributed by atoms with Crippen LogP contribution in [0.15, 0.2) is 48.8 Å². The molecular formula is C20H21FN4O. The number of benzene rings is 1. The Bertz CT molecular complexity index is 944. The number of hydrogen-bond acceptors (Lipinski definition) is 3. The maximum absolute atomic E-state index is 13.9. The Hall–Kier alpha value is -2.89. The van der Waals surface area contributed by atoms with Crippen LogP contribution in [0.5, 0.6) is 0 Å². The molecule has 1 fully saturated rings. The van der Waals surface area contributed by atoms with Gasteiger partial charge in [-0.25, -0.2) is 9.37 Å². The van der Waals surface area contributed by atoms with Gasteiger partial charge in [0, 0.05) is 38.6 Å². The predicted molar refractivity (Wildman–Crippen MR) is 98.8 cm³/mol. The Morgan fingerprint density at radius 2 is 1.88 bits per heavy atom. The first kappa shape index (κ1) is 16.6. The number of carbonyl (C=O) groups excluding carboxylic acids is 1. The van der Waals surface area contributed by atoms with Crippen LogP contribution in [0.3, 0.4) is 0 Å². The van der Waals surface area contributed by atoms with Crippen LogP contribution in [0, 0.1) is 12.7 Å². The molecular weight excluding hydrogens is 331 g/mol. The minimum atomic E-state index is -0.214. The molecule has 0 unspecified atom stereocenters. The van der Waals surface area contributed by atoms with Crippen LogP contribution < -0.4 is 4.90 Å². The molecule has 0 bridgehead atoms.